The van der Waals surface area contributed by atoms with E-state index in [1.165, 1.54) is 24.8 Å². The highest BCUT2D eigenvalue weighted by atomic mass is 16.4. The molecule has 0 aliphatic rings. The maximum Gasteiger partial charge on any atom is 0.222 e. The second-order valence-electron chi connectivity index (χ2n) is 7.14. The third kappa shape index (κ3) is 12.2. The predicted octanol–water partition coefficient (Wildman–Crippen LogP) is 0.968. The Morgan fingerprint density at radius 2 is 1.44 bits per heavy atom. The van der Waals surface area contributed by atoms with E-state index >= 15 is 0 Å². The van der Waals surface area contributed by atoms with E-state index in [-0.39, 0.29) is 12.5 Å². The molecule has 0 unspecified atom stereocenters. The van der Waals surface area contributed by atoms with Crippen LogP contribution in [0.5, 0.6) is 0 Å². The SMILES string of the molecule is CCCC=CCCCCCCCC(=O)N(C)C[C@H](O)[C@@H](O)[C@H](O)[C@H](O)CO. The maximum absolute atomic E-state index is 12.1. The van der Waals surface area contributed by atoms with Crippen LogP contribution in [0.3, 0.4) is 0 Å². The molecule has 4 atom stereocenters. The van der Waals surface area contributed by atoms with Gasteiger partial charge >= 0.3 is 0 Å². The minimum atomic E-state index is -1.68. The van der Waals surface area contributed by atoms with Crippen molar-refractivity contribution in [3.63, 3.8) is 0 Å². The zero-order chi connectivity index (χ0) is 20.7. The van der Waals surface area contributed by atoms with E-state index in [9.17, 15) is 25.2 Å². The quantitative estimate of drug-likeness (QED) is 0.198. The van der Waals surface area contributed by atoms with Crippen molar-refractivity contribution in [2.75, 3.05) is 20.2 Å². The molecule has 0 fully saturated rings. The van der Waals surface area contributed by atoms with Gasteiger partial charge in [0.2, 0.25) is 5.91 Å². The van der Waals surface area contributed by atoms with Gasteiger partial charge < -0.3 is 30.4 Å². The fourth-order valence-corrected chi connectivity index (χ4v) is 2.72. The number of unbranched alkanes of at least 4 members (excludes halogenated alkanes) is 6. The Balaban J connectivity index is 3.89. The number of aliphatic hydroxyl groups is 5. The summed E-state index contributed by atoms with van der Waals surface area (Å²) in [6.45, 7) is 1.28. The first-order valence-electron chi connectivity index (χ1n) is 10.1. The number of carbonyl (C=O) groups is 1. The van der Waals surface area contributed by atoms with Crippen LogP contribution in [0.2, 0.25) is 0 Å². The number of aliphatic hydroxyl groups excluding tert-OH is 5. The number of carbonyl (C=O) groups excluding carboxylic acids is 1. The van der Waals surface area contributed by atoms with Gasteiger partial charge in [-0.3, -0.25) is 4.79 Å². The average molecular weight is 390 g/mol. The van der Waals surface area contributed by atoms with Crippen LogP contribution >= 0.6 is 0 Å². The van der Waals surface area contributed by atoms with Gasteiger partial charge in [-0.1, -0.05) is 44.8 Å². The standard InChI is InChI=1S/C20H39NO6/c1-3-4-5-6-7-8-9-10-11-12-13-18(25)21(2)14-16(23)19(26)20(27)17(24)15-22/h5-6,16-17,19-20,22-24,26-27H,3-4,7-15H2,1-2H3/t16-,17+,19+,20+/m0/s1. The molecule has 7 nitrogen and oxygen atoms in total. The lowest BCUT2D eigenvalue weighted by atomic mass is 10.0. The zero-order valence-corrected chi connectivity index (χ0v) is 16.8. The molecular weight excluding hydrogens is 350 g/mol. The molecule has 0 aromatic heterocycles. The van der Waals surface area contributed by atoms with E-state index in [4.69, 9.17) is 5.11 Å². The van der Waals surface area contributed by atoms with Gasteiger partial charge in [0, 0.05) is 20.0 Å². The molecule has 0 radical (unpaired) electrons. The highest BCUT2D eigenvalue weighted by molar-refractivity contribution is 5.75. The topological polar surface area (TPSA) is 121 Å². The molecule has 160 valence electrons. The largest absolute Gasteiger partial charge is 0.394 e. The van der Waals surface area contributed by atoms with Gasteiger partial charge in [0.15, 0.2) is 0 Å². The molecule has 0 aliphatic carbocycles. The second kappa shape index (κ2) is 16.0. The molecule has 0 saturated heterocycles. The Kier molecular flexibility index (Phi) is 15.4. The summed E-state index contributed by atoms with van der Waals surface area (Å²) >= 11 is 0. The Labute approximate surface area is 163 Å². The van der Waals surface area contributed by atoms with E-state index < -0.39 is 31.0 Å². The van der Waals surface area contributed by atoms with Crippen molar-refractivity contribution in [3.05, 3.63) is 12.2 Å². The summed E-state index contributed by atoms with van der Waals surface area (Å²) in [5.74, 6) is -0.138. The van der Waals surface area contributed by atoms with Gasteiger partial charge in [0.1, 0.15) is 24.4 Å². The van der Waals surface area contributed by atoms with Gasteiger partial charge in [0.05, 0.1) is 6.61 Å². The van der Waals surface area contributed by atoms with E-state index in [0.717, 1.165) is 38.5 Å². The fraction of sp³-hybridized carbons (Fsp3) is 0.850. The first-order chi connectivity index (χ1) is 12.8. The van der Waals surface area contributed by atoms with Crippen molar-refractivity contribution in [2.24, 2.45) is 0 Å². The number of rotatable bonds is 16. The molecule has 5 N–H and O–H groups in total. The lowest BCUT2D eigenvalue weighted by Crippen LogP contribution is -2.49. The van der Waals surface area contributed by atoms with Crippen molar-refractivity contribution in [3.8, 4) is 0 Å². The highest BCUT2D eigenvalue weighted by Gasteiger charge is 2.31. The van der Waals surface area contributed by atoms with Crippen molar-refractivity contribution < 1.29 is 30.3 Å². The van der Waals surface area contributed by atoms with E-state index in [1.54, 1.807) is 0 Å². The van der Waals surface area contributed by atoms with E-state index in [0.29, 0.717) is 6.42 Å². The highest BCUT2D eigenvalue weighted by Crippen LogP contribution is 2.10. The first-order valence-corrected chi connectivity index (χ1v) is 10.1. The van der Waals surface area contributed by atoms with E-state index in [1.807, 2.05) is 0 Å². The lowest BCUT2D eigenvalue weighted by molar-refractivity contribution is -0.138. The molecule has 1 amide bonds. The van der Waals surface area contributed by atoms with Crippen LogP contribution < -0.4 is 0 Å². The van der Waals surface area contributed by atoms with Crippen LogP contribution in [0.4, 0.5) is 0 Å². The maximum atomic E-state index is 12.1. The van der Waals surface area contributed by atoms with Crippen molar-refractivity contribution in [1.82, 2.24) is 4.90 Å². The normalized spacial score (nSPS) is 16.3. The molecular formula is C20H39NO6. The summed E-state index contributed by atoms with van der Waals surface area (Å²) in [6, 6.07) is 0. The third-order valence-corrected chi connectivity index (χ3v) is 4.60. The van der Waals surface area contributed by atoms with Crippen molar-refractivity contribution >= 4 is 5.91 Å². The molecule has 0 heterocycles. The second-order valence-corrected chi connectivity index (χ2v) is 7.14. The minimum absolute atomic E-state index is 0.138. The molecule has 0 bridgehead atoms. The summed E-state index contributed by atoms with van der Waals surface area (Å²) < 4.78 is 0. The summed E-state index contributed by atoms with van der Waals surface area (Å²) in [7, 11) is 1.52. The number of hydrogen-bond acceptors (Lipinski definition) is 6. The number of amides is 1. The van der Waals surface area contributed by atoms with Crippen LogP contribution in [0.1, 0.15) is 64.7 Å². The Morgan fingerprint density at radius 1 is 0.889 bits per heavy atom. The lowest BCUT2D eigenvalue weighted by Gasteiger charge is -2.28. The number of hydrogen-bond donors (Lipinski definition) is 5. The van der Waals surface area contributed by atoms with Gasteiger partial charge in [-0.2, -0.15) is 0 Å². The Hall–Kier alpha value is -0.990. The molecule has 0 aromatic carbocycles. The van der Waals surface area contributed by atoms with Crippen LogP contribution in [0.15, 0.2) is 12.2 Å². The number of nitrogens with zero attached hydrogens (tertiary/aromatic N) is 1. The molecule has 0 saturated carbocycles. The van der Waals surface area contributed by atoms with E-state index in [2.05, 4.69) is 19.1 Å². The Morgan fingerprint density at radius 3 is 2.07 bits per heavy atom. The van der Waals surface area contributed by atoms with Crippen molar-refractivity contribution in [1.29, 1.82) is 0 Å². The molecule has 0 aromatic rings. The monoisotopic (exact) mass is 389 g/mol. The number of allylic oxidation sites excluding steroid dienone is 2. The van der Waals surface area contributed by atoms with Gasteiger partial charge in [-0.15, -0.1) is 0 Å². The van der Waals surface area contributed by atoms with Gasteiger partial charge in [-0.05, 0) is 25.7 Å². The predicted molar refractivity (Wildman–Crippen MR) is 105 cm³/mol. The summed E-state index contributed by atoms with van der Waals surface area (Å²) in [6.07, 6.45) is 7.15. The smallest absolute Gasteiger partial charge is 0.222 e. The van der Waals surface area contributed by atoms with Crippen LogP contribution in [0, 0.1) is 0 Å². The zero-order valence-electron chi connectivity index (χ0n) is 16.8. The third-order valence-electron chi connectivity index (χ3n) is 4.60. The van der Waals surface area contributed by atoms with Gasteiger partial charge in [0.25, 0.3) is 0 Å². The van der Waals surface area contributed by atoms with Crippen molar-refractivity contribution in [2.45, 2.75) is 89.1 Å². The number of likely N-dealkylation sites (N-methyl/N-ethyl adjacent to an activating group) is 1. The van der Waals surface area contributed by atoms with Gasteiger partial charge in [-0.25, -0.2) is 0 Å². The summed E-state index contributed by atoms with van der Waals surface area (Å²) in [5.41, 5.74) is 0. The Bertz CT molecular complexity index is 404. The molecule has 0 rings (SSSR count). The molecule has 7 heteroatoms. The molecule has 0 aliphatic heterocycles. The average Bonchev–Trinajstić information content (AvgIpc) is 2.67. The van der Waals surface area contributed by atoms with Crippen LogP contribution in [-0.4, -0.2) is 81.0 Å². The fourth-order valence-electron chi connectivity index (χ4n) is 2.72. The summed E-state index contributed by atoms with van der Waals surface area (Å²) in [5, 5.41) is 47.3. The van der Waals surface area contributed by atoms with Crippen LogP contribution in [-0.2, 0) is 4.79 Å². The summed E-state index contributed by atoms with van der Waals surface area (Å²) in [4.78, 5) is 13.4. The van der Waals surface area contributed by atoms with Crippen LogP contribution in [0.25, 0.3) is 0 Å². The molecule has 0 spiro atoms. The molecule has 27 heavy (non-hydrogen) atoms. The minimum Gasteiger partial charge on any atom is -0.394 e. The first kappa shape index (κ1) is 26.0.